The first-order valence-electron chi connectivity index (χ1n) is 6.50. The van der Waals surface area contributed by atoms with Gasteiger partial charge in [0.1, 0.15) is 0 Å². The predicted octanol–water partition coefficient (Wildman–Crippen LogP) is 0.141. The van der Waals surface area contributed by atoms with Gasteiger partial charge >= 0.3 is 0 Å². The fourth-order valence-electron chi connectivity index (χ4n) is 1.39. The molecule has 0 aromatic heterocycles. The van der Waals surface area contributed by atoms with Crippen LogP contribution in [0.5, 0.6) is 0 Å². The van der Waals surface area contributed by atoms with Crippen molar-refractivity contribution in [3.63, 3.8) is 0 Å². The van der Waals surface area contributed by atoms with Gasteiger partial charge in [-0.15, -0.1) is 0 Å². The van der Waals surface area contributed by atoms with Gasteiger partial charge < -0.3 is 22.5 Å². The van der Waals surface area contributed by atoms with Crippen LogP contribution in [0, 0.1) is 5.41 Å². The van der Waals surface area contributed by atoms with Crippen molar-refractivity contribution < 1.29 is 0 Å². The lowest BCUT2D eigenvalue weighted by Gasteiger charge is -2.25. The molecular weight excluding hydrogens is 252 g/mol. The molecule has 0 aliphatic heterocycles. The van der Waals surface area contributed by atoms with Gasteiger partial charge in [0.05, 0.1) is 0 Å². The van der Waals surface area contributed by atoms with Crippen LogP contribution in [0.4, 0.5) is 0 Å². The highest BCUT2D eigenvalue weighted by Gasteiger charge is 2.22. The van der Waals surface area contributed by atoms with Crippen LogP contribution in [0.25, 0.3) is 0 Å². The summed E-state index contributed by atoms with van der Waals surface area (Å²) in [4.78, 5) is 8.67. The van der Waals surface area contributed by atoms with Gasteiger partial charge in [0.25, 0.3) is 0 Å². The molecule has 0 aliphatic carbocycles. The second kappa shape index (κ2) is 12.0. The minimum Gasteiger partial charge on any atom is -0.405 e. The zero-order valence-corrected chi connectivity index (χ0v) is 12.1. The summed E-state index contributed by atoms with van der Waals surface area (Å²) in [6, 6.07) is 0. The molecule has 0 aromatic rings. The van der Waals surface area contributed by atoms with E-state index in [1.54, 1.807) is 24.6 Å². The van der Waals surface area contributed by atoms with Gasteiger partial charge in [0, 0.05) is 44.0 Å². The molecule has 0 saturated carbocycles. The van der Waals surface area contributed by atoms with Gasteiger partial charge in [-0.25, -0.2) is 0 Å². The zero-order valence-electron chi connectivity index (χ0n) is 12.1. The van der Waals surface area contributed by atoms with E-state index < -0.39 is 0 Å². The van der Waals surface area contributed by atoms with Crippen molar-refractivity contribution in [2.45, 2.75) is 6.92 Å². The van der Waals surface area contributed by atoms with Gasteiger partial charge in [0.2, 0.25) is 0 Å². The number of nitrogens with two attached hydrogens (primary N) is 3. The Morgan fingerprint density at radius 3 is 2.05 bits per heavy atom. The molecule has 0 amide bonds. The van der Waals surface area contributed by atoms with Crippen molar-refractivity contribution in [1.82, 2.24) is 5.32 Å². The smallest absolute Gasteiger partial charge is 0.0477 e. The third-order valence-corrected chi connectivity index (χ3v) is 2.45. The molecule has 0 radical (unpaired) electrons. The largest absolute Gasteiger partial charge is 0.405 e. The van der Waals surface area contributed by atoms with E-state index in [4.69, 9.17) is 17.2 Å². The van der Waals surface area contributed by atoms with Crippen molar-refractivity contribution in [3.8, 4) is 0 Å². The summed E-state index contributed by atoms with van der Waals surface area (Å²) >= 11 is 0. The molecule has 6 heteroatoms. The summed E-state index contributed by atoms with van der Waals surface area (Å²) in [6.07, 6.45) is 13.4. The number of allylic oxidation sites excluding steroid dienone is 2. The molecule has 0 unspecified atom stereocenters. The molecular formula is C14H26N6. The molecule has 0 heterocycles. The summed E-state index contributed by atoms with van der Waals surface area (Å²) in [7, 11) is 0. The number of nitrogens with one attached hydrogen (secondary N) is 1. The quantitative estimate of drug-likeness (QED) is 0.425. The molecule has 0 fully saturated rings. The van der Waals surface area contributed by atoms with Crippen LogP contribution >= 0.6 is 0 Å². The van der Waals surface area contributed by atoms with Gasteiger partial charge in [-0.2, -0.15) is 0 Å². The summed E-state index contributed by atoms with van der Waals surface area (Å²) < 4.78 is 0. The fourth-order valence-corrected chi connectivity index (χ4v) is 1.39. The lowest BCUT2D eigenvalue weighted by atomic mass is 9.91. The fraction of sp³-hybridized carbons (Fsp3) is 0.429. The van der Waals surface area contributed by atoms with Crippen LogP contribution in [-0.4, -0.2) is 38.6 Å². The minimum absolute atomic E-state index is 0.100. The van der Waals surface area contributed by atoms with Gasteiger partial charge in [0.15, 0.2) is 0 Å². The molecule has 0 saturated heterocycles. The summed E-state index contributed by atoms with van der Waals surface area (Å²) in [6.45, 7) is 4.66. The molecule has 0 atom stereocenters. The van der Waals surface area contributed by atoms with Crippen LogP contribution in [0.2, 0.25) is 0 Å². The van der Waals surface area contributed by atoms with E-state index in [0.717, 1.165) is 6.54 Å². The average Bonchev–Trinajstić information content (AvgIpc) is 2.45. The maximum Gasteiger partial charge on any atom is 0.0477 e. The van der Waals surface area contributed by atoms with E-state index in [1.807, 2.05) is 12.3 Å². The lowest BCUT2D eigenvalue weighted by Crippen LogP contribution is -2.35. The number of rotatable bonds is 10. The topological polar surface area (TPSA) is 115 Å². The second-order valence-corrected chi connectivity index (χ2v) is 4.58. The van der Waals surface area contributed by atoms with Gasteiger partial charge in [-0.3, -0.25) is 9.98 Å². The van der Waals surface area contributed by atoms with Gasteiger partial charge in [-0.1, -0.05) is 13.0 Å². The Kier molecular flexibility index (Phi) is 10.7. The van der Waals surface area contributed by atoms with Crippen molar-refractivity contribution in [3.05, 3.63) is 36.8 Å². The van der Waals surface area contributed by atoms with Crippen LogP contribution in [0.3, 0.4) is 0 Å². The SMILES string of the molecule is CC(CN=CC=CN)(CN=CC=CN)CN/C=C\CN. The average molecular weight is 278 g/mol. The van der Waals surface area contributed by atoms with Crippen molar-refractivity contribution in [1.29, 1.82) is 0 Å². The molecule has 0 bridgehead atoms. The summed E-state index contributed by atoms with van der Waals surface area (Å²) in [5.74, 6) is 0. The third kappa shape index (κ3) is 9.90. The van der Waals surface area contributed by atoms with Crippen molar-refractivity contribution >= 4 is 12.4 Å². The first-order valence-corrected chi connectivity index (χ1v) is 6.50. The molecule has 20 heavy (non-hydrogen) atoms. The van der Waals surface area contributed by atoms with E-state index in [9.17, 15) is 0 Å². The number of hydrogen-bond acceptors (Lipinski definition) is 6. The second-order valence-electron chi connectivity index (χ2n) is 4.58. The van der Waals surface area contributed by atoms with Crippen molar-refractivity contribution in [2.75, 3.05) is 26.2 Å². The first kappa shape index (κ1) is 17.9. The highest BCUT2D eigenvalue weighted by atomic mass is 14.9. The highest BCUT2D eigenvalue weighted by Crippen LogP contribution is 2.16. The molecule has 0 spiro atoms. The summed E-state index contributed by atoms with van der Waals surface area (Å²) in [5, 5.41) is 3.21. The van der Waals surface area contributed by atoms with Crippen molar-refractivity contribution in [2.24, 2.45) is 32.6 Å². The maximum atomic E-state index is 5.39. The Morgan fingerprint density at radius 1 is 1.05 bits per heavy atom. The Hall–Kier alpha value is -2.08. The van der Waals surface area contributed by atoms with Crippen LogP contribution in [0.15, 0.2) is 46.8 Å². The molecule has 6 nitrogen and oxygen atoms in total. The normalized spacial score (nSPS) is 16.1. The van der Waals surface area contributed by atoms with Gasteiger partial charge in [-0.05, 0) is 30.8 Å². The third-order valence-electron chi connectivity index (χ3n) is 2.45. The standard InChI is InChI=1S/C14H26N6/c1-14(11-18-8-2-5-15,12-19-9-3-6-16)13-20-10-4-7-17/h2-6,8-10,20H,7,11-13,15-17H2,1H3/b5-2?,6-3?,10-4-,18-8?,19-9?. The molecule has 0 aliphatic rings. The Labute approximate surface area is 121 Å². The zero-order chi connectivity index (χ0) is 15.1. The Balaban J connectivity index is 4.51. The maximum absolute atomic E-state index is 5.39. The molecule has 0 rings (SSSR count). The first-order chi connectivity index (χ1) is 9.68. The van der Waals surface area contributed by atoms with Crippen LogP contribution in [0.1, 0.15) is 6.92 Å². The molecule has 7 N–H and O–H groups in total. The number of nitrogens with zero attached hydrogens (tertiary/aromatic N) is 2. The van der Waals surface area contributed by atoms with E-state index in [0.29, 0.717) is 19.6 Å². The Morgan fingerprint density at radius 2 is 1.60 bits per heavy atom. The highest BCUT2D eigenvalue weighted by molar-refractivity contribution is 5.71. The van der Waals surface area contributed by atoms with E-state index in [2.05, 4.69) is 22.2 Å². The Bertz CT molecular complexity index is 344. The minimum atomic E-state index is -0.100. The molecule has 112 valence electrons. The van der Waals surface area contributed by atoms with E-state index >= 15 is 0 Å². The lowest BCUT2D eigenvalue weighted by molar-refractivity contribution is 0.345. The van der Waals surface area contributed by atoms with E-state index in [1.165, 1.54) is 12.4 Å². The van der Waals surface area contributed by atoms with Crippen LogP contribution < -0.4 is 22.5 Å². The summed E-state index contributed by atoms with van der Waals surface area (Å²) in [5.41, 5.74) is 15.8. The molecule has 0 aromatic carbocycles. The predicted molar refractivity (Wildman–Crippen MR) is 87.7 cm³/mol. The van der Waals surface area contributed by atoms with E-state index in [-0.39, 0.29) is 5.41 Å². The monoisotopic (exact) mass is 278 g/mol. The number of hydrogen-bond donors (Lipinski definition) is 4. The number of aliphatic imine (C=N–C) groups is 2. The van der Waals surface area contributed by atoms with Crippen LogP contribution in [-0.2, 0) is 0 Å².